The number of benzene rings is 1. The number of aromatic nitrogens is 2. The summed E-state index contributed by atoms with van der Waals surface area (Å²) in [6, 6.07) is 4.83. The van der Waals surface area contributed by atoms with Gasteiger partial charge in [-0.05, 0) is 31.0 Å². The SMILES string of the molecule is O=C(C1CC1)N1CCN(Cc2noc(-c3cccc(C(F)(F)F)c3)n2)CC1. The Balaban J connectivity index is 1.37. The normalized spacial score (nSPS) is 18.7. The summed E-state index contributed by atoms with van der Waals surface area (Å²) in [5.74, 6) is 0.966. The number of carbonyl (C=O) groups excluding carboxylic acids is 1. The summed E-state index contributed by atoms with van der Waals surface area (Å²) in [6.07, 6.45) is -2.42. The molecular formula is C18H19F3N4O2. The molecule has 6 nitrogen and oxygen atoms in total. The standard InChI is InChI=1S/C18H19F3N4O2/c19-18(20,21)14-3-1-2-13(10-14)16-22-15(23-27-16)11-24-6-8-25(9-7-24)17(26)12-4-5-12/h1-3,10,12H,4-9,11H2. The van der Waals surface area contributed by atoms with E-state index < -0.39 is 11.7 Å². The molecule has 2 aliphatic rings. The van der Waals surface area contributed by atoms with Gasteiger partial charge in [0, 0.05) is 37.7 Å². The van der Waals surface area contributed by atoms with E-state index in [1.54, 1.807) is 0 Å². The number of nitrogens with zero attached hydrogens (tertiary/aromatic N) is 4. The molecule has 0 unspecified atom stereocenters. The fourth-order valence-electron chi connectivity index (χ4n) is 3.18. The largest absolute Gasteiger partial charge is 0.416 e. The molecule has 9 heteroatoms. The molecule has 1 aromatic heterocycles. The molecule has 0 bridgehead atoms. The van der Waals surface area contributed by atoms with Crippen molar-refractivity contribution in [1.29, 1.82) is 0 Å². The molecule has 0 N–H and O–H groups in total. The van der Waals surface area contributed by atoms with E-state index in [0.29, 0.717) is 38.5 Å². The van der Waals surface area contributed by atoms with E-state index in [4.69, 9.17) is 4.52 Å². The number of rotatable bonds is 4. The highest BCUT2D eigenvalue weighted by Gasteiger charge is 2.35. The minimum atomic E-state index is -4.42. The van der Waals surface area contributed by atoms with E-state index >= 15 is 0 Å². The average Bonchev–Trinajstić information content (AvgIpc) is 3.40. The molecule has 1 amide bonds. The Hall–Kier alpha value is -2.42. The van der Waals surface area contributed by atoms with Crippen LogP contribution in [-0.2, 0) is 17.5 Å². The molecule has 2 fully saturated rings. The van der Waals surface area contributed by atoms with Crippen molar-refractivity contribution in [2.24, 2.45) is 5.92 Å². The molecule has 1 saturated heterocycles. The van der Waals surface area contributed by atoms with Crippen LogP contribution in [-0.4, -0.2) is 52.0 Å². The topological polar surface area (TPSA) is 62.5 Å². The fraction of sp³-hybridized carbons (Fsp3) is 0.500. The van der Waals surface area contributed by atoms with Gasteiger partial charge in [0.05, 0.1) is 12.1 Å². The Labute approximate surface area is 153 Å². The summed E-state index contributed by atoms with van der Waals surface area (Å²) >= 11 is 0. The molecule has 1 aliphatic carbocycles. The number of amides is 1. The molecule has 1 aliphatic heterocycles. The predicted octanol–water partition coefficient (Wildman–Crippen LogP) is 2.81. The first-order chi connectivity index (χ1) is 12.9. The second-order valence-corrected chi connectivity index (χ2v) is 6.97. The maximum Gasteiger partial charge on any atom is 0.416 e. The van der Waals surface area contributed by atoms with Crippen molar-refractivity contribution in [1.82, 2.24) is 19.9 Å². The van der Waals surface area contributed by atoms with Crippen LogP contribution >= 0.6 is 0 Å². The zero-order valence-corrected chi connectivity index (χ0v) is 14.6. The van der Waals surface area contributed by atoms with Crippen LogP contribution in [0.15, 0.2) is 28.8 Å². The molecule has 27 heavy (non-hydrogen) atoms. The quantitative estimate of drug-likeness (QED) is 0.816. The number of piperazine rings is 1. The maximum atomic E-state index is 12.8. The third-order valence-electron chi connectivity index (χ3n) is 4.88. The average molecular weight is 380 g/mol. The van der Waals surface area contributed by atoms with Crippen LogP contribution in [0.5, 0.6) is 0 Å². The summed E-state index contributed by atoms with van der Waals surface area (Å²) in [5, 5.41) is 3.88. The highest BCUT2D eigenvalue weighted by atomic mass is 19.4. The monoisotopic (exact) mass is 380 g/mol. The van der Waals surface area contributed by atoms with Crippen LogP contribution < -0.4 is 0 Å². The van der Waals surface area contributed by atoms with Gasteiger partial charge in [-0.15, -0.1) is 0 Å². The van der Waals surface area contributed by atoms with Gasteiger partial charge < -0.3 is 9.42 Å². The number of carbonyl (C=O) groups is 1. The molecule has 2 heterocycles. The van der Waals surface area contributed by atoms with E-state index in [-0.39, 0.29) is 23.3 Å². The van der Waals surface area contributed by atoms with E-state index in [1.165, 1.54) is 12.1 Å². The maximum absolute atomic E-state index is 12.8. The van der Waals surface area contributed by atoms with Crippen molar-refractivity contribution in [3.8, 4) is 11.5 Å². The molecule has 0 atom stereocenters. The van der Waals surface area contributed by atoms with Crippen LogP contribution in [0.3, 0.4) is 0 Å². The van der Waals surface area contributed by atoms with Crippen molar-refractivity contribution in [2.75, 3.05) is 26.2 Å². The van der Waals surface area contributed by atoms with Gasteiger partial charge in [-0.25, -0.2) is 0 Å². The summed E-state index contributed by atoms with van der Waals surface area (Å²) < 4.78 is 43.7. The summed E-state index contributed by atoms with van der Waals surface area (Å²) in [6.45, 7) is 3.22. The first kappa shape index (κ1) is 18.0. The second kappa shape index (κ2) is 6.95. The Morgan fingerprint density at radius 2 is 1.93 bits per heavy atom. The van der Waals surface area contributed by atoms with Crippen molar-refractivity contribution < 1.29 is 22.5 Å². The van der Waals surface area contributed by atoms with Crippen molar-refractivity contribution in [2.45, 2.75) is 25.6 Å². The van der Waals surface area contributed by atoms with Crippen LogP contribution in [0, 0.1) is 5.92 Å². The Bertz CT molecular complexity index is 824. The number of halogens is 3. The molecule has 144 valence electrons. The highest BCUT2D eigenvalue weighted by Crippen LogP contribution is 2.32. The highest BCUT2D eigenvalue weighted by molar-refractivity contribution is 5.81. The first-order valence-electron chi connectivity index (χ1n) is 8.91. The Morgan fingerprint density at radius 1 is 1.19 bits per heavy atom. The lowest BCUT2D eigenvalue weighted by Crippen LogP contribution is -2.48. The van der Waals surface area contributed by atoms with E-state index in [0.717, 1.165) is 25.0 Å². The summed E-state index contributed by atoms with van der Waals surface area (Å²) in [7, 11) is 0. The van der Waals surface area contributed by atoms with E-state index in [1.807, 2.05) is 4.90 Å². The number of alkyl halides is 3. The van der Waals surface area contributed by atoms with Crippen LogP contribution in [0.4, 0.5) is 13.2 Å². The van der Waals surface area contributed by atoms with Crippen LogP contribution in [0.25, 0.3) is 11.5 Å². The molecule has 0 spiro atoms. The van der Waals surface area contributed by atoms with Gasteiger partial charge in [0.2, 0.25) is 5.91 Å². The summed E-state index contributed by atoms with van der Waals surface area (Å²) in [4.78, 5) is 20.3. The molecule has 1 saturated carbocycles. The van der Waals surface area contributed by atoms with E-state index in [2.05, 4.69) is 15.0 Å². The molecule has 2 aromatic rings. The lowest BCUT2D eigenvalue weighted by atomic mass is 10.1. The van der Waals surface area contributed by atoms with Gasteiger partial charge in [0.15, 0.2) is 5.82 Å². The third kappa shape index (κ3) is 4.13. The molecule has 4 rings (SSSR count). The number of hydrogen-bond acceptors (Lipinski definition) is 5. The van der Waals surface area contributed by atoms with Crippen LogP contribution in [0.2, 0.25) is 0 Å². The van der Waals surface area contributed by atoms with Crippen molar-refractivity contribution in [3.63, 3.8) is 0 Å². The molecule has 1 aromatic carbocycles. The van der Waals surface area contributed by atoms with Gasteiger partial charge in [-0.1, -0.05) is 11.2 Å². The number of hydrogen-bond donors (Lipinski definition) is 0. The van der Waals surface area contributed by atoms with Crippen molar-refractivity contribution >= 4 is 5.91 Å². The zero-order chi connectivity index (χ0) is 19.0. The predicted molar refractivity (Wildman–Crippen MR) is 89.3 cm³/mol. The third-order valence-corrected chi connectivity index (χ3v) is 4.88. The lowest BCUT2D eigenvalue weighted by molar-refractivity contribution is -0.137. The lowest BCUT2D eigenvalue weighted by Gasteiger charge is -2.34. The summed E-state index contributed by atoms with van der Waals surface area (Å²) in [5.41, 5.74) is -0.514. The van der Waals surface area contributed by atoms with Crippen LogP contribution in [0.1, 0.15) is 24.2 Å². The van der Waals surface area contributed by atoms with Crippen molar-refractivity contribution in [3.05, 3.63) is 35.7 Å². The second-order valence-electron chi connectivity index (χ2n) is 6.97. The molecular weight excluding hydrogens is 361 g/mol. The smallest absolute Gasteiger partial charge is 0.340 e. The van der Waals surface area contributed by atoms with Gasteiger partial charge in [0.25, 0.3) is 5.89 Å². The van der Waals surface area contributed by atoms with Gasteiger partial charge in [-0.3, -0.25) is 9.69 Å². The fourth-order valence-corrected chi connectivity index (χ4v) is 3.18. The first-order valence-corrected chi connectivity index (χ1v) is 8.91. The minimum Gasteiger partial charge on any atom is -0.340 e. The Kier molecular flexibility index (Phi) is 4.63. The molecule has 0 radical (unpaired) electrons. The Morgan fingerprint density at radius 3 is 2.59 bits per heavy atom. The minimum absolute atomic E-state index is 0.0682. The van der Waals surface area contributed by atoms with E-state index in [9.17, 15) is 18.0 Å². The van der Waals surface area contributed by atoms with Gasteiger partial charge in [0.1, 0.15) is 0 Å². The zero-order valence-electron chi connectivity index (χ0n) is 14.6. The van der Waals surface area contributed by atoms with Gasteiger partial charge >= 0.3 is 6.18 Å². The van der Waals surface area contributed by atoms with Gasteiger partial charge in [-0.2, -0.15) is 18.2 Å².